The maximum absolute atomic E-state index is 10.2. The average molecular weight is 433 g/mol. The van der Waals surface area contributed by atoms with Crippen LogP contribution in [0.15, 0.2) is 60.7 Å². The topological polar surface area (TPSA) is 115 Å². The number of aromatic carboxylic acids is 2. The number of hydrogen-bond donors (Lipinski definition) is 4. The lowest BCUT2D eigenvalue weighted by atomic mass is 9.93. The van der Waals surface area contributed by atoms with Gasteiger partial charge in [0.05, 0.1) is 11.1 Å². The van der Waals surface area contributed by atoms with Gasteiger partial charge in [0.15, 0.2) is 6.29 Å². The molecule has 0 spiro atoms. The molecule has 0 unspecified atom stereocenters. The van der Waals surface area contributed by atoms with Crippen LogP contribution in [0.1, 0.15) is 79.5 Å². The van der Waals surface area contributed by atoms with Crippen LogP contribution >= 0.6 is 0 Å². The van der Waals surface area contributed by atoms with Crippen molar-refractivity contribution in [1.29, 1.82) is 0 Å². The normalized spacial score (nSPS) is 10.0. The Morgan fingerprint density at radius 3 is 1.29 bits per heavy atom. The number of aliphatic hydroxyl groups excluding tert-OH is 1. The van der Waals surface area contributed by atoms with Crippen molar-refractivity contribution < 1.29 is 30.0 Å². The molecule has 31 heavy (non-hydrogen) atoms. The maximum Gasteiger partial charge on any atom is 0.335 e. The number of benzene rings is 2. The predicted octanol–water partition coefficient (Wildman–Crippen LogP) is 5.45. The van der Waals surface area contributed by atoms with Gasteiger partial charge in [-0.3, -0.25) is 0 Å². The first-order chi connectivity index (χ1) is 14.8. The first-order valence-corrected chi connectivity index (χ1v) is 10.7. The third-order valence-corrected chi connectivity index (χ3v) is 4.52. The predicted molar refractivity (Wildman–Crippen MR) is 122 cm³/mol. The van der Waals surface area contributed by atoms with Crippen LogP contribution in [0.2, 0.25) is 0 Å². The zero-order valence-electron chi connectivity index (χ0n) is 18.5. The van der Waals surface area contributed by atoms with Gasteiger partial charge in [0.2, 0.25) is 0 Å². The molecule has 0 fully saturated rings. The number of rotatable bonds is 10. The second-order valence-electron chi connectivity index (χ2n) is 7.21. The Kier molecular flexibility index (Phi) is 16.5. The fourth-order valence-corrected chi connectivity index (χ4v) is 2.83. The molecule has 172 valence electrons. The highest BCUT2D eigenvalue weighted by Crippen LogP contribution is 2.20. The zero-order chi connectivity index (χ0) is 23.5. The van der Waals surface area contributed by atoms with E-state index in [1.54, 1.807) is 60.7 Å². The van der Waals surface area contributed by atoms with E-state index in [2.05, 4.69) is 13.8 Å². The number of carboxylic acid groups (broad SMARTS) is 2. The first-order valence-electron chi connectivity index (χ1n) is 10.7. The first kappa shape index (κ1) is 28.3. The molecule has 0 aliphatic carbocycles. The number of aliphatic hydroxyl groups is 2. The van der Waals surface area contributed by atoms with Crippen molar-refractivity contribution in [3.8, 4) is 0 Å². The van der Waals surface area contributed by atoms with Gasteiger partial charge in [0.1, 0.15) is 0 Å². The van der Waals surface area contributed by atoms with Gasteiger partial charge >= 0.3 is 11.9 Å². The SMILES string of the molecule is CCCCC(CCCC)CC(O)O.O=C(O)c1ccccc1.O=C(O)c1ccccc1. The van der Waals surface area contributed by atoms with Crippen LogP contribution in [0.3, 0.4) is 0 Å². The quantitative estimate of drug-likeness (QED) is 0.371. The molecule has 6 heteroatoms. The third-order valence-electron chi connectivity index (χ3n) is 4.52. The summed E-state index contributed by atoms with van der Waals surface area (Å²) in [6.45, 7) is 4.35. The highest BCUT2D eigenvalue weighted by molar-refractivity contribution is 5.87. The van der Waals surface area contributed by atoms with Crippen molar-refractivity contribution in [3.63, 3.8) is 0 Å². The molecule has 0 aliphatic heterocycles. The molecule has 0 aliphatic rings. The summed E-state index contributed by atoms with van der Waals surface area (Å²) < 4.78 is 0. The van der Waals surface area contributed by atoms with Crippen molar-refractivity contribution in [2.24, 2.45) is 5.92 Å². The molecular weight excluding hydrogens is 396 g/mol. The van der Waals surface area contributed by atoms with E-state index in [-0.39, 0.29) is 0 Å². The lowest BCUT2D eigenvalue weighted by molar-refractivity contribution is -0.0576. The van der Waals surface area contributed by atoms with Crippen LogP contribution in [0.5, 0.6) is 0 Å². The van der Waals surface area contributed by atoms with E-state index in [0.29, 0.717) is 23.5 Å². The van der Waals surface area contributed by atoms with E-state index in [1.165, 1.54) is 25.7 Å². The minimum absolute atomic E-state index is 0.331. The molecule has 0 radical (unpaired) electrons. The van der Waals surface area contributed by atoms with E-state index in [1.807, 2.05) is 0 Å². The van der Waals surface area contributed by atoms with Crippen molar-refractivity contribution in [1.82, 2.24) is 0 Å². The average Bonchev–Trinajstić information content (AvgIpc) is 2.77. The standard InChI is InChI=1S/C11H24O2.2C7H6O2/c1-3-5-7-10(8-6-4-2)9-11(12)13;2*8-7(9)6-4-2-1-3-5-6/h10-13H,3-9H2,1-2H3;2*1-5H,(H,8,9). The Morgan fingerprint density at radius 1 is 0.710 bits per heavy atom. The van der Waals surface area contributed by atoms with Gasteiger partial charge in [0, 0.05) is 6.42 Å². The monoisotopic (exact) mass is 432 g/mol. The maximum atomic E-state index is 10.2. The third kappa shape index (κ3) is 15.8. The zero-order valence-corrected chi connectivity index (χ0v) is 18.5. The Morgan fingerprint density at radius 2 is 1.06 bits per heavy atom. The second-order valence-corrected chi connectivity index (χ2v) is 7.21. The van der Waals surface area contributed by atoms with Crippen molar-refractivity contribution in [2.45, 2.75) is 65.1 Å². The Balaban J connectivity index is 0.000000445. The molecule has 4 N–H and O–H groups in total. The molecule has 2 aromatic carbocycles. The molecule has 0 atom stereocenters. The fraction of sp³-hybridized carbons (Fsp3) is 0.440. The van der Waals surface area contributed by atoms with Gasteiger partial charge in [-0.05, 0) is 30.2 Å². The number of carbonyl (C=O) groups is 2. The van der Waals surface area contributed by atoms with Crippen LogP contribution in [0, 0.1) is 5.92 Å². The molecular formula is C25H36O6. The summed E-state index contributed by atoms with van der Waals surface area (Å²) in [5.74, 6) is -1.24. The highest BCUT2D eigenvalue weighted by atomic mass is 16.5. The van der Waals surface area contributed by atoms with Crippen LogP contribution in [-0.2, 0) is 0 Å². The van der Waals surface area contributed by atoms with Gasteiger partial charge in [-0.25, -0.2) is 9.59 Å². The van der Waals surface area contributed by atoms with Gasteiger partial charge in [-0.15, -0.1) is 0 Å². The minimum Gasteiger partial charge on any atom is -0.478 e. The highest BCUT2D eigenvalue weighted by Gasteiger charge is 2.11. The molecule has 0 amide bonds. The second kappa shape index (κ2) is 18.1. The molecule has 2 aromatic rings. The number of carboxylic acids is 2. The van der Waals surface area contributed by atoms with Gasteiger partial charge < -0.3 is 20.4 Å². The van der Waals surface area contributed by atoms with E-state index >= 15 is 0 Å². The summed E-state index contributed by atoms with van der Waals surface area (Å²) in [5.41, 5.74) is 0.662. The Labute approximate surface area is 185 Å². The minimum atomic E-state index is -1.11. The van der Waals surface area contributed by atoms with Crippen LogP contribution < -0.4 is 0 Å². The van der Waals surface area contributed by atoms with Gasteiger partial charge in [0.25, 0.3) is 0 Å². The van der Waals surface area contributed by atoms with Crippen LogP contribution in [0.4, 0.5) is 0 Å². The largest absolute Gasteiger partial charge is 0.478 e. The fourth-order valence-electron chi connectivity index (χ4n) is 2.83. The van der Waals surface area contributed by atoms with E-state index < -0.39 is 18.2 Å². The molecule has 2 rings (SSSR count). The lowest BCUT2D eigenvalue weighted by Gasteiger charge is -2.16. The van der Waals surface area contributed by atoms with Crippen LogP contribution in [-0.4, -0.2) is 38.7 Å². The summed E-state index contributed by atoms with van der Waals surface area (Å²) in [5, 5.41) is 34.5. The summed E-state index contributed by atoms with van der Waals surface area (Å²) in [6.07, 6.45) is 6.55. The molecule has 6 nitrogen and oxygen atoms in total. The van der Waals surface area contributed by atoms with E-state index in [9.17, 15) is 9.59 Å². The number of unbranched alkanes of at least 4 members (excludes halogenated alkanes) is 2. The van der Waals surface area contributed by atoms with E-state index in [0.717, 1.165) is 12.8 Å². The molecule has 0 bridgehead atoms. The van der Waals surface area contributed by atoms with Gasteiger partial charge in [-0.2, -0.15) is 0 Å². The smallest absolute Gasteiger partial charge is 0.335 e. The van der Waals surface area contributed by atoms with Crippen molar-refractivity contribution in [3.05, 3.63) is 71.8 Å². The summed E-state index contributed by atoms with van der Waals surface area (Å²) >= 11 is 0. The number of hydrogen-bond acceptors (Lipinski definition) is 4. The van der Waals surface area contributed by atoms with E-state index in [4.69, 9.17) is 20.4 Å². The van der Waals surface area contributed by atoms with Crippen LogP contribution in [0.25, 0.3) is 0 Å². The van der Waals surface area contributed by atoms with Crippen molar-refractivity contribution in [2.75, 3.05) is 0 Å². The molecule has 0 heterocycles. The van der Waals surface area contributed by atoms with Gasteiger partial charge in [-0.1, -0.05) is 88.8 Å². The molecule has 0 saturated heterocycles. The molecule has 0 saturated carbocycles. The lowest BCUT2D eigenvalue weighted by Crippen LogP contribution is -2.12. The molecule has 0 aromatic heterocycles. The van der Waals surface area contributed by atoms with Crippen molar-refractivity contribution >= 4 is 11.9 Å². The summed E-state index contributed by atoms with van der Waals surface area (Å²) in [7, 11) is 0. The summed E-state index contributed by atoms with van der Waals surface area (Å²) in [6, 6.07) is 16.6. The Hall–Kier alpha value is -2.70. The Bertz CT molecular complexity index is 643. The summed E-state index contributed by atoms with van der Waals surface area (Å²) in [4.78, 5) is 20.4.